The number of halogens is 2. The summed E-state index contributed by atoms with van der Waals surface area (Å²) >= 11 is 6.14. The Morgan fingerprint density at radius 3 is 2.50 bits per heavy atom. The normalized spacial score (nSPS) is 14.5. The molecule has 0 radical (unpaired) electrons. The van der Waals surface area contributed by atoms with E-state index in [1.807, 2.05) is 0 Å². The lowest BCUT2D eigenvalue weighted by molar-refractivity contribution is 0.0341. The monoisotopic (exact) mass is 352 g/mol. The summed E-state index contributed by atoms with van der Waals surface area (Å²) in [5.41, 5.74) is 0.422. The van der Waals surface area contributed by atoms with E-state index in [1.54, 1.807) is 6.07 Å². The van der Waals surface area contributed by atoms with Gasteiger partial charge in [-0.2, -0.15) is 0 Å². The van der Waals surface area contributed by atoms with Crippen molar-refractivity contribution in [2.75, 3.05) is 5.33 Å². The highest BCUT2D eigenvalue weighted by atomic mass is 79.9. The number of carbonyl (C=O) groups is 1. The molecule has 6 heteroatoms. The number of aliphatic hydroxyl groups excluding tert-OH is 2. The molecule has 0 aliphatic rings. The summed E-state index contributed by atoms with van der Waals surface area (Å²) in [7, 11) is 0. The Hall–Kier alpha value is -0.430. The number of carboxylic acids is 1. The lowest BCUT2D eigenvalue weighted by Gasteiger charge is -2.16. The fourth-order valence-corrected chi connectivity index (χ4v) is 1.97. The first kappa shape index (κ1) is 13.6. The van der Waals surface area contributed by atoms with E-state index >= 15 is 0 Å². The third kappa shape index (κ3) is 3.04. The van der Waals surface area contributed by atoms with Gasteiger partial charge in [-0.3, -0.25) is 0 Å². The lowest BCUT2D eigenvalue weighted by Crippen LogP contribution is -2.19. The van der Waals surface area contributed by atoms with Crippen LogP contribution in [0.3, 0.4) is 0 Å². The molecule has 1 aromatic carbocycles. The van der Waals surface area contributed by atoms with Crippen molar-refractivity contribution in [3.05, 3.63) is 33.8 Å². The zero-order valence-corrected chi connectivity index (χ0v) is 11.3. The maximum atomic E-state index is 10.9. The van der Waals surface area contributed by atoms with Crippen molar-refractivity contribution >= 4 is 37.8 Å². The van der Waals surface area contributed by atoms with Crippen LogP contribution in [0.1, 0.15) is 22.0 Å². The van der Waals surface area contributed by atoms with Crippen molar-refractivity contribution < 1.29 is 20.1 Å². The minimum absolute atomic E-state index is 0.0540. The second kappa shape index (κ2) is 5.77. The van der Waals surface area contributed by atoms with Gasteiger partial charge in [-0.1, -0.05) is 22.0 Å². The van der Waals surface area contributed by atoms with Crippen molar-refractivity contribution in [2.24, 2.45) is 0 Å². The Balaban J connectivity index is 3.07. The number of hydrogen-bond donors (Lipinski definition) is 3. The van der Waals surface area contributed by atoms with Crippen LogP contribution < -0.4 is 0 Å². The quantitative estimate of drug-likeness (QED) is 0.723. The zero-order chi connectivity index (χ0) is 12.3. The van der Waals surface area contributed by atoms with Gasteiger partial charge >= 0.3 is 5.97 Å². The van der Waals surface area contributed by atoms with Gasteiger partial charge in [0.05, 0.1) is 11.7 Å². The average Bonchev–Trinajstić information content (AvgIpc) is 2.27. The summed E-state index contributed by atoms with van der Waals surface area (Å²) in [6.45, 7) is 0. The molecule has 0 fully saturated rings. The largest absolute Gasteiger partial charge is 0.478 e. The first-order valence-electron chi connectivity index (χ1n) is 4.42. The fraction of sp³-hybridized carbons (Fsp3) is 0.300. The molecule has 2 unspecified atom stereocenters. The van der Waals surface area contributed by atoms with Crippen LogP contribution in [0.25, 0.3) is 0 Å². The smallest absolute Gasteiger partial charge is 0.336 e. The molecule has 0 amide bonds. The first-order chi connectivity index (χ1) is 7.47. The van der Waals surface area contributed by atoms with Gasteiger partial charge in [-0.15, -0.1) is 0 Å². The number of alkyl halides is 1. The average molecular weight is 354 g/mol. The zero-order valence-electron chi connectivity index (χ0n) is 8.10. The molecule has 2 atom stereocenters. The fourth-order valence-electron chi connectivity index (χ4n) is 1.20. The predicted molar refractivity (Wildman–Crippen MR) is 65.9 cm³/mol. The number of rotatable bonds is 4. The Labute approximate surface area is 109 Å². The lowest BCUT2D eigenvalue weighted by atomic mass is 10.0. The summed E-state index contributed by atoms with van der Waals surface area (Å²) in [6, 6.07) is 4.43. The van der Waals surface area contributed by atoms with Gasteiger partial charge in [0.1, 0.15) is 6.10 Å². The summed E-state index contributed by atoms with van der Waals surface area (Å²) in [6.07, 6.45) is -2.08. The van der Waals surface area contributed by atoms with E-state index in [9.17, 15) is 15.0 Å². The molecule has 3 N–H and O–H groups in total. The van der Waals surface area contributed by atoms with E-state index < -0.39 is 18.2 Å². The molecule has 0 bridgehead atoms. The van der Waals surface area contributed by atoms with Gasteiger partial charge in [-0.25, -0.2) is 4.79 Å². The van der Waals surface area contributed by atoms with E-state index in [-0.39, 0.29) is 10.9 Å². The van der Waals surface area contributed by atoms with Crippen molar-refractivity contribution in [1.82, 2.24) is 0 Å². The van der Waals surface area contributed by atoms with Crippen LogP contribution in [0.2, 0.25) is 0 Å². The second-order valence-electron chi connectivity index (χ2n) is 3.21. The van der Waals surface area contributed by atoms with Crippen LogP contribution in [0.4, 0.5) is 0 Å². The topological polar surface area (TPSA) is 77.8 Å². The third-order valence-electron chi connectivity index (χ3n) is 2.08. The summed E-state index contributed by atoms with van der Waals surface area (Å²) in [4.78, 5) is 10.9. The van der Waals surface area contributed by atoms with Gasteiger partial charge in [0.15, 0.2) is 0 Å². The Morgan fingerprint density at radius 2 is 2.00 bits per heavy atom. The van der Waals surface area contributed by atoms with Crippen molar-refractivity contribution in [3.63, 3.8) is 0 Å². The molecule has 4 nitrogen and oxygen atoms in total. The Kier molecular flexibility index (Phi) is 4.91. The Morgan fingerprint density at radius 1 is 1.38 bits per heavy atom. The molecule has 0 aromatic heterocycles. The van der Waals surface area contributed by atoms with Crippen LogP contribution in [0.5, 0.6) is 0 Å². The van der Waals surface area contributed by atoms with Crippen molar-refractivity contribution in [1.29, 1.82) is 0 Å². The predicted octanol–water partition coefficient (Wildman–Crippen LogP) is 1.94. The van der Waals surface area contributed by atoms with E-state index in [1.165, 1.54) is 12.1 Å². The molecule has 0 aliphatic heterocycles. The highest BCUT2D eigenvalue weighted by molar-refractivity contribution is 9.10. The molecule has 0 saturated carbocycles. The van der Waals surface area contributed by atoms with Crippen LogP contribution in [0, 0.1) is 0 Å². The van der Waals surface area contributed by atoms with Gasteiger partial charge in [0, 0.05) is 9.80 Å². The maximum absolute atomic E-state index is 10.9. The summed E-state index contributed by atoms with van der Waals surface area (Å²) < 4.78 is 0.435. The molecule has 0 heterocycles. The van der Waals surface area contributed by atoms with E-state index in [4.69, 9.17) is 5.11 Å². The number of aromatic carboxylic acids is 1. The molecule has 0 spiro atoms. The van der Waals surface area contributed by atoms with E-state index in [0.29, 0.717) is 10.0 Å². The highest BCUT2D eigenvalue weighted by Gasteiger charge is 2.19. The molecule has 0 aliphatic carbocycles. The molecule has 1 aromatic rings. The van der Waals surface area contributed by atoms with E-state index in [0.717, 1.165) is 0 Å². The van der Waals surface area contributed by atoms with Crippen LogP contribution in [-0.4, -0.2) is 32.7 Å². The summed E-state index contributed by atoms with van der Waals surface area (Å²) in [5.74, 6) is -1.09. The minimum atomic E-state index is -1.11. The SMILES string of the molecule is O=C(O)c1cc(C(O)C(O)CBr)ccc1Br. The van der Waals surface area contributed by atoms with Crippen molar-refractivity contribution in [3.8, 4) is 0 Å². The molecule has 0 saturated heterocycles. The van der Waals surface area contributed by atoms with Gasteiger partial charge < -0.3 is 15.3 Å². The first-order valence-corrected chi connectivity index (χ1v) is 6.33. The molecule has 16 heavy (non-hydrogen) atoms. The van der Waals surface area contributed by atoms with Crippen LogP contribution >= 0.6 is 31.9 Å². The number of carboxylic acid groups (broad SMARTS) is 1. The molecular weight excluding hydrogens is 344 g/mol. The molecule has 88 valence electrons. The minimum Gasteiger partial charge on any atom is -0.478 e. The molecule has 1 rings (SSSR count). The molecular formula is C10H10Br2O4. The van der Waals surface area contributed by atoms with Crippen molar-refractivity contribution in [2.45, 2.75) is 12.2 Å². The highest BCUT2D eigenvalue weighted by Crippen LogP contribution is 2.24. The Bertz CT molecular complexity index is 394. The van der Waals surface area contributed by atoms with Gasteiger partial charge in [0.25, 0.3) is 0 Å². The van der Waals surface area contributed by atoms with E-state index in [2.05, 4.69) is 31.9 Å². The second-order valence-corrected chi connectivity index (χ2v) is 4.71. The van der Waals surface area contributed by atoms with Crippen LogP contribution in [-0.2, 0) is 0 Å². The number of hydrogen-bond acceptors (Lipinski definition) is 3. The third-order valence-corrected chi connectivity index (χ3v) is 3.44. The van der Waals surface area contributed by atoms with Gasteiger partial charge in [-0.05, 0) is 33.6 Å². The maximum Gasteiger partial charge on any atom is 0.336 e. The standard InChI is InChI=1S/C10H10Br2O4/c11-4-8(13)9(14)5-1-2-7(12)6(3-5)10(15)16/h1-3,8-9,13-14H,4H2,(H,15,16). The number of aliphatic hydroxyl groups is 2. The number of benzene rings is 1. The summed E-state index contributed by atoms with van der Waals surface area (Å²) in [5, 5.41) is 28.2. The van der Waals surface area contributed by atoms with Gasteiger partial charge in [0.2, 0.25) is 0 Å². The van der Waals surface area contributed by atoms with Crippen LogP contribution in [0.15, 0.2) is 22.7 Å².